The lowest BCUT2D eigenvalue weighted by molar-refractivity contribution is -0.139. The van der Waals surface area contributed by atoms with E-state index in [4.69, 9.17) is 9.52 Å². The Morgan fingerprint density at radius 2 is 1.90 bits per heavy atom. The highest BCUT2D eigenvalue weighted by atomic mass is 16.4. The summed E-state index contributed by atoms with van der Waals surface area (Å²) in [5.74, 6) is -0.531. The molecule has 6 nitrogen and oxygen atoms in total. The molecule has 1 aromatic heterocycles. The molecule has 0 spiro atoms. The van der Waals surface area contributed by atoms with Gasteiger partial charge in [0.2, 0.25) is 0 Å². The topological polar surface area (TPSA) is 91.6 Å². The highest BCUT2D eigenvalue weighted by Crippen LogP contribution is 2.12. The molecule has 1 aromatic carbocycles. The average molecular weight is 274 g/mol. The number of carboxylic acid groups (broad SMARTS) is 1. The number of carboxylic acids is 1. The number of hydrogen-bond donors (Lipinski definition) is 3. The summed E-state index contributed by atoms with van der Waals surface area (Å²) in [7, 11) is 0. The molecule has 0 saturated carbocycles. The van der Waals surface area contributed by atoms with Crippen molar-refractivity contribution >= 4 is 12.0 Å². The summed E-state index contributed by atoms with van der Waals surface area (Å²) in [5.41, 5.74) is 0.508. The second kappa shape index (κ2) is 6.42. The van der Waals surface area contributed by atoms with Gasteiger partial charge in [0.1, 0.15) is 5.76 Å². The van der Waals surface area contributed by atoms with Crippen molar-refractivity contribution in [3.63, 3.8) is 0 Å². The van der Waals surface area contributed by atoms with Gasteiger partial charge in [0.15, 0.2) is 6.04 Å². The van der Waals surface area contributed by atoms with Gasteiger partial charge in [-0.25, -0.2) is 9.59 Å². The van der Waals surface area contributed by atoms with Crippen molar-refractivity contribution in [3.05, 3.63) is 60.1 Å². The Hall–Kier alpha value is -2.76. The zero-order valence-corrected chi connectivity index (χ0v) is 10.6. The van der Waals surface area contributed by atoms with Crippen LogP contribution in [0.25, 0.3) is 0 Å². The molecule has 2 rings (SSSR count). The first-order valence-electron chi connectivity index (χ1n) is 6.01. The Kier molecular flexibility index (Phi) is 4.39. The van der Waals surface area contributed by atoms with Gasteiger partial charge in [0.25, 0.3) is 0 Å². The quantitative estimate of drug-likeness (QED) is 0.776. The minimum Gasteiger partial charge on any atom is -0.479 e. The van der Waals surface area contributed by atoms with Crippen LogP contribution in [-0.2, 0) is 11.3 Å². The standard InChI is InChI=1S/C14H14N2O4/c17-13(18)12(10-5-2-1-3-6-10)16-14(19)15-9-11-7-4-8-20-11/h1-8,12H,9H2,(H,17,18)(H2,15,16,19). The number of hydrogen-bond acceptors (Lipinski definition) is 3. The molecule has 3 N–H and O–H groups in total. The van der Waals surface area contributed by atoms with Crippen LogP contribution in [0.4, 0.5) is 4.79 Å². The van der Waals surface area contributed by atoms with Crippen LogP contribution >= 0.6 is 0 Å². The van der Waals surface area contributed by atoms with Crippen molar-refractivity contribution in [1.29, 1.82) is 0 Å². The summed E-state index contributed by atoms with van der Waals surface area (Å²) < 4.78 is 5.06. The molecule has 1 unspecified atom stereocenters. The minimum absolute atomic E-state index is 0.194. The SMILES string of the molecule is O=C(NCc1ccco1)NC(C(=O)O)c1ccccc1. The third-order valence-corrected chi connectivity index (χ3v) is 2.66. The van der Waals surface area contributed by atoms with Crippen LogP contribution in [0.2, 0.25) is 0 Å². The van der Waals surface area contributed by atoms with Crippen LogP contribution in [0, 0.1) is 0 Å². The van der Waals surface area contributed by atoms with Crippen molar-refractivity contribution in [2.45, 2.75) is 12.6 Å². The monoisotopic (exact) mass is 274 g/mol. The molecule has 0 bridgehead atoms. The highest BCUT2D eigenvalue weighted by molar-refractivity contribution is 5.83. The maximum absolute atomic E-state index is 11.7. The molecule has 0 aliphatic heterocycles. The molecule has 0 fully saturated rings. The molecule has 0 aliphatic carbocycles. The van der Waals surface area contributed by atoms with Gasteiger partial charge in [-0.15, -0.1) is 0 Å². The number of nitrogens with one attached hydrogen (secondary N) is 2. The first-order chi connectivity index (χ1) is 9.66. The second-order valence-electron chi connectivity index (χ2n) is 4.09. The van der Waals surface area contributed by atoms with Crippen LogP contribution in [0.5, 0.6) is 0 Å². The first kappa shape index (κ1) is 13.7. The molecule has 0 saturated heterocycles. The lowest BCUT2D eigenvalue weighted by Crippen LogP contribution is -2.40. The smallest absolute Gasteiger partial charge is 0.330 e. The Morgan fingerprint density at radius 1 is 1.15 bits per heavy atom. The van der Waals surface area contributed by atoms with E-state index >= 15 is 0 Å². The molecule has 6 heteroatoms. The van der Waals surface area contributed by atoms with E-state index in [2.05, 4.69) is 10.6 Å². The van der Waals surface area contributed by atoms with Gasteiger partial charge in [0.05, 0.1) is 12.8 Å². The van der Waals surface area contributed by atoms with E-state index in [1.165, 1.54) is 6.26 Å². The van der Waals surface area contributed by atoms with Crippen LogP contribution in [0.3, 0.4) is 0 Å². The lowest BCUT2D eigenvalue weighted by atomic mass is 10.1. The van der Waals surface area contributed by atoms with Gasteiger partial charge < -0.3 is 20.2 Å². The fourth-order valence-electron chi connectivity index (χ4n) is 1.70. The van der Waals surface area contributed by atoms with Crippen LogP contribution in [0.15, 0.2) is 53.1 Å². The molecule has 104 valence electrons. The number of amides is 2. The molecular weight excluding hydrogens is 260 g/mol. The molecule has 0 aliphatic rings. The molecule has 20 heavy (non-hydrogen) atoms. The lowest BCUT2D eigenvalue weighted by Gasteiger charge is -2.15. The first-order valence-corrected chi connectivity index (χ1v) is 6.01. The van der Waals surface area contributed by atoms with Crippen molar-refractivity contribution in [3.8, 4) is 0 Å². The largest absolute Gasteiger partial charge is 0.479 e. The Bertz CT molecular complexity index is 566. The van der Waals surface area contributed by atoms with Gasteiger partial charge in [-0.1, -0.05) is 30.3 Å². The number of rotatable bonds is 5. The van der Waals surface area contributed by atoms with Crippen molar-refractivity contribution < 1.29 is 19.1 Å². The van der Waals surface area contributed by atoms with E-state index < -0.39 is 18.0 Å². The van der Waals surface area contributed by atoms with Crippen molar-refractivity contribution in [2.75, 3.05) is 0 Å². The molecule has 2 amide bonds. The number of urea groups is 1. The van der Waals surface area contributed by atoms with Crippen LogP contribution < -0.4 is 10.6 Å². The highest BCUT2D eigenvalue weighted by Gasteiger charge is 2.21. The molecule has 0 radical (unpaired) electrons. The van der Waals surface area contributed by atoms with E-state index in [1.54, 1.807) is 42.5 Å². The van der Waals surface area contributed by atoms with E-state index in [1.807, 2.05) is 0 Å². The molecule has 1 heterocycles. The van der Waals surface area contributed by atoms with Crippen molar-refractivity contribution in [1.82, 2.24) is 10.6 Å². The summed E-state index contributed by atoms with van der Waals surface area (Å²) in [5, 5.41) is 14.1. The van der Waals surface area contributed by atoms with E-state index in [0.29, 0.717) is 11.3 Å². The average Bonchev–Trinajstić information content (AvgIpc) is 2.96. The zero-order valence-electron chi connectivity index (χ0n) is 10.6. The number of carbonyl (C=O) groups is 2. The van der Waals surface area contributed by atoms with Gasteiger partial charge in [-0.3, -0.25) is 0 Å². The fourth-order valence-corrected chi connectivity index (χ4v) is 1.70. The van der Waals surface area contributed by atoms with Gasteiger partial charge >= 0.3 is 12.0 Å². The number of carbonyl (C=O) groups excluding carboxylic acids is 1. The summed E-state index contributed by atoms with van der Waals surface area (Å²) >= 11 is 0. The third kappa shape index (κ3) is 3.61. The predicted molar refractivity (Wildman–Crippen MR) is 70.9 cm³/mol. The van der Waals surface area contributed by atoms with Gasteiger partial charge in [-0.05, 0) is 17.7 Å². The summed E-state index contributed by atoms with van der Waals surface area (Å²) in [6, 6.07) is 10.3. The van der Waals surface area contributed by atoms with Gasteiger partial charge in [0, 0.05) is 0 Å². The van der Waals surface area contributed by atoms with E-state index in [-0.39, 0.29) is 6.54 Å². The van der Waals surface area contributed by atoms with E-state index in [0.717, 1.165) is 0 Å². The summed E-state index contributed by atoms with van der Waals surface area (Å²) in [6.07, 6.45) is 1.50. The minimum atomic E-state index is -1.12. The maximum Gasteiger partial charge on any atom is 0.330 e. The summed E-state index contributed by atoms with van der Waals surface area (Å²) in [6.45, 7) is 0.194. The third-order valence-electron chi connectivity index (χ3n) is 2.66. The number of benzene rings is 1. The second-order valence-corrected chi connectivity index (χ2v) is 4.09. The van der Waals surface area contributed by atoms with Gasteiger partial charge in [-0.2, -0.15) is 0 Å². The van der Waals surface area contributed by atoms with Crippen LogP contribution in [-0.4, -0.2) is 17.1 Å². The zero-order chi connectivity index (χ0) is 14.4. The Balaban J connectivity index is 1.95. The van der Waals surface area contributed by atoms with E-state index in [9.17, 15) is 9.59 Å². The Labute approximate surface area is 115 Å². The molecular formula is C14H14N2O4. The molecule has 2 aromatic rings. The van der Waals surface area contributed by atoms with Crippen molar-refractivity contribution in [2.24, 2.45) is 0 Å². The predicted octanol–water partition coefficient (Wildman–Crippen LogP) is 1.90. The molecule has 1 atom stereocenters. The Morgan fingerprint density at radius 3 is 2.50 bits per heavy atom. The normalized spacial score (nSPS) is 11.6. The maximum atomic E-state index is 11.7. The summed E-state index contributed by atoms with van der Waals surface area (Å²) in [4.78, 5) is 22.9. The number of furan rings is 1. The fraction of sp³-hybridized carbons (Fsp3) is 0.143. The number of aliphatic carboxylic acids is 1. The van der Waals surface area contributed by atoms with Crippen LogP contribution in [0.1, 0.15) is 17.4 Å².